The summed E-state index contributed by atoms with van der Waals surface area (Å²) >= 11 is 0. The molecule has 1 fully saturated rings. The van der Waals surface area contributed by atoms with Gasteiger partial charge in [-0.3, -0.25) is 19.3 Å². The van der Waals surface area contributed by atoms with E-state index < -0.39 is 23.6 Å². The van der Waals surface area contributed by atoms with Crippen molar-refractivity contribution < 1.29 is 14.4 Å². The minimum absolute atomic E-state index is 0.0369. The molecule has 1 unspecified atom stereocenters. The quantitative estimate of drug-likeness (QED) is 0.120. The van der Waals surface area contributed by atoms with Crippen molar-refractivity contribution in [1.82, 2.24) is 5.32 Å². The Kier molecular flexibility index (Phi) is 8.56. The van der Waals surface area contributed by atoms with E-state index in [1.165, 1.54) is 4.90 Å². The minimum Gasteiger partial charge on any atom is -0.351 e. The van der Waals surface area contributed by atoms with Crippen molar-refractivity contribution in [2.45, 2.75) is 58.0 Å². The van der Waals surface area contributed by atoms with E-state index in [1.54, 1.807) is 54.6 Å². The number of nitrogens with one attached hydrogen (secondary N) is 1. The lowest BCUT2D eigenvalue weighted by Gasteiger charge is -2.35. The monoisotopic (exact) mass is 509 g/mol. The van der Waals surface area contributed by atoms with E-state index in [4.69, 9.17) is 0 Å². The summed E-state index contributed by atoms with van der Waals surface area (Å²) in [5.41, 5.74) is 12.0. The molecule has 38 heavy (non-hydrogen) atoms. The normalized spacial score (nSPS) is 14.2. The van der Waals surface area contributed by atoms with Crippen molar-refractivity contribution in [3.8, 4) is 0 Å². The van der Waals surface area contributed by atoms with E-state index in [1.807, 2.05) is 32.0 Å². The molecule has 1 atom stereocenters. The lowest BCUT2D eigenvalue weighted by atomic mass is 9.93. The SMILES string of the molecule is Cc1cccc(C)c1N(C(=O)C(=O)c1ccccc1)C(C(=O)NC1CCCCC1)c1ccccc1N=[N+]=[N-]. The maximum Gasteiger partial charge on any atom is 0.300 e. The summed E-state index contributed by atoms with van der Waals surface area (Å²) in [5.74, 6) is -1.99. The number of amides is 2. The molecule has 0 aromatic heterocycles. The molecule has 1 aliphatic carbocycles. The van der Waals surface area contributed by atoms with Gasteiger partial charge in [0.05, 0.1) is 5.69 Å². The molecule has 4 rings (SSSR count). The van der Waals surface area contributed by atoms with Crippen LogP contribution in [-0.2, 0) is 9.59 Å². The highest BCUT2D eigenvalue weighted by atomic mass is 16.2. The molecular formula is C30H31N5O3. The molecule has 1 saturated carbocycles. The standard InChI is InChI=1S/C30H31N5O3/c1-20-12-11-13-21(2)26(20)35(30(38)28(36)22-14-5-3-6-15-22)27(24-18-9-10-19-25(24)33-34-31)29(37)32-23-16-7-4-8-17-23/h3,5-6,9-15,18-19,23,27H,4,7-8,16-17H2,1-2H3,(H,32,37). The van der Waals surface area contributed by atoms with Gasteiger partial charge >= 0.3 is 0 Å². The Morgan fingerprint density at radius 1 is 0.895 bits per heavy atom. The Hall–Kier alpha value is -4.42. The van der Waals surface area contributed by atoms with Gasteiger partial charge < -0.3 is 5.32 Å². The maximum atomic E-state index is 14.1. The number of anilines is 1. The van der Waals surface area contributed by atoms with Crippen LogP contribution in [0.3, 0.4) is 0 Å². The molecule has 1 aliphatic rings. The first-order valence-corrected chi connectivity index (χ1v) is 12.9. The van der Waals surface area contributed by atoms with Gasteiger partial charge in [-0.2, -0.15) is 0 Å². The first kappa shape index (κ1) is 26.6. The highest BCUT2D eigenvalue weighted by Gasteiger charge is 2.39. The third-order valence-corrected chi connectivity index (χ3v) is 6.97. The van der Waals surface area contributed by atoms with Crippen LogP contribution in [0.25, 0.3) is 10.4 Å². The molecule has 1 N–H and O–H groups in total. The fourth-order valence-electron chi connectivity index (χ4n) is 5.14. The fourth-order valence-corrected chi connectivity index (χ4v) is 5.14. The molecule has 0 aliphatic heterocycles. The van der Waals surface area contributed by atoms with E-state index in [2.05, 4.69) is 15.3 Å². The van der Waals surface area contributed by atoms with Gasteiger partial charge in [0.25, 0.3) is 11.7 Å². The number of Topliss-reactive ketones (excluding diaryl/α,β-unsaturated/α-hetero) is 1. The highest BCUT2D eigenvalue weighted by molar-refractivity contribution is 6.47. The molecular weight excluding hydrogens is 478 g/mol. The van der Waals surface area contributed by atoms with Crippen molar-refractivity contribution in [2.24, 2.45) is 5.11 Å². The molecule has 0 radical (unpaired) electrons. The van der Waals surface area contributed by atoms with Crippen molar-refractivity contribution in [3.05, 3.63) is 105 Å². The molecule has 8 nitrogen and oxygen atoms in total. The number of aryl methyl sites for hydroxylation is 2. The van der Waals surface area contributed by atoms with Crippen LogP contribution in [0.5, 0.6) is 0 Å². The minimum atomic E-state index is -1.24. The van der Waals surface area contributed by atoms with Crippen LogP contribution in [0, 0.1) is 13.8 Å². The summed E-state index contributed by atoms with van der Waals surface area (Å²) < 4.78 is 0. The number of nitrogens with zero attached hydrogens (tertiary/aromatic N) is 4. The summed E-state index contributed by atoms with van der Waals surface area (Å²) in [6, 6.07) is 19.2. The Labute approximate surface area is 222 Å². The molecule has 3 aromatic rings. The Morgan fingerprint density at radius 3 is 2.18 bits per heavy atom. The van der Waals surface area contributed by atoms with Crippen LogP contribution in [0.1, 0.15) is 65.2 Å². The topological polar surface area (TPSA) is 115 Å². The van der Waals surface area contributed by atoms with Gasteiger partial charge in [-0.25, -0.2) is 0 Å². The van der Waals surface area contributed by atoms with Gasteiger partial charge in [0.1, 0.15) is 6.04 Å². The highest BCUT2D eigenvalue weighted by Crippen LogP contribution is 2.37. The van der Waals surface area contributed by atoms with E-state index in [-0.39, 0.29) is 17.3 Å². The van der Waals surface area contributed by atoms with Crippen LogP contribution in [0.2, 0.25) is 0 Å². The largest absolute Gasteiger partial charge is 0.351 e. The lowest BCUT2D eigenvalue weighted by molar-refractivity contribution is -0.126. The van der Waals surface area contributed by atoms with Crippen LogP contribution in [-0.4, -0.2) is 23.6 Å². The van der Waals surface area contributed by atoms with Crippen LogP contribution in [0.4, 0.5) is 11.4 Å². The van der Waals surface area contributed by atoms with Crippen molar-refractivity contribution in [3.63, 3.8) is 0 Å². The van der Waals surface area contributed by atoms with Crippen molar-refractivity contribution in [2.75, 3.05) is 4.90 Å². The second-order valence-corrected chi connectivity index (χ2v) is 9.61. The summed E-state index contributed by atoms with van der Waals surface area (Å²) in [6.45, 7) is 3.68. The molecule has 2 amide bonds. The van der Waals surface area contributed by atoms with E-state index in [0.717, 1.165) is 43.2 Å². The van der Waals surface area contributed by atoms with E-state index in [0.29, 0.717) is 11.3 Å². The molecule has 8 heteroatoms. The second-order valence-electron chi connectivity index (χ2n) is 9.61. The van der Waals surface area contributed by atoms with Crippen LogP contribution < -0.4 is 10.2 Å². The molecule has 0 spiro atoms. The maximum absolute atomic E-state index is 14.1. The van der Waals surface area contributed by atoms with Gasteiger partial charge in [0.15, 0.2) is 0 Å². The number of para-hydroxylation sites is 1. The Morgan fingerprint density at radius 2 is 1.53 bits per heavy atom. The Balaban J connectivity index is 1.92. The molecule has 3 aromatic carbocycles. The van der Waals surface area contributed by atoms with Crippen LogP contribution in [0.15, 0.2) is 77.9 Å². The molecule has 0 heterocycles. The number of ketones is 1. The zero-order chi connectivity index (χ0) is 27.1. The van der Waals surface area contributed by atoms with Crippen molar-refractivity contribution in [1.29, 1.82) is 0 Å². The van der Waals surface area contributed by atoms with Gasteiger partial charge in [-0.15, -0.1) is 0 Å². The molecule has 194 valence electrons. The number of rotatable bonds is 8. The number of carbonyl (C=O) groups is 3. The van der Waals surface area contributed by atoms with Crippen molar-refractivity contribution >= 4 is 29.0 Å². The third kappa shape index (κ3) is 5.76. The Bertz CT molecular complexity index is 1360. The first-order valence-electron chi connectivity index (χ1n) is 12.9. The number of benzene rings is 3. The molecule has 0 saturated heterocycles. The average Bonchev–Trinajstić information content (AvgIpc) is 2.93. The predicted octanol–water partition coefficient (Wildman–Crippen LogP) is 6.65. The van der Waals surface area contributed by atoms with Gasteiger partial charge in [-0.05, 0) is 48.9 Å². The van der Waals surface area contributed by atoms with Gasteiger partial charge in [-0.1, -0.05) is 97.2 Å². The zero-order valence-corrected chi connectivity index (χ0v) is 21.6. The van der Waals surface area contributed by atoms with Crippen LogP contribution >= 0.6 is 0 Å². The zero-order valence-electron chi connectivity index (χ0n) is 21.6. The number of hydrogen-bond acceptors (Lipinski definition) is 4. The molecule has 0 bridgehead atoms. The summed E-state index contributed by atoms with van der Waals surface area (Å²) in [5, 5.41) is 6.95. The van der Waals surface area contributed by atoms with Gasteiger partial charge in [0.2, 0.25) is 5.91 Å². The lowest BCUT2D eigenvalue weighted by Crippen LogP contribution is -2.49. The van der Waals surface area contributed by atoms with E-state index >= 15 is 0 Å². The van der Waals surface area contributed by atoms with E-state index in [9.17, 15) is 19.9 Å². The second kappa shape index (κ2) is 12.2. The van der Waals surface area contributed by atoms with Gasteiger partial charge in [0, 0.05) is 22.2 Å². The summed E-state index contributed by atoms with van der Waals surface area (Å²) in [6.07, 6.45) is 4.83. The first-order chi connectivity index (χ1) is 18.4. The smallest absolute Gasteiger partial charge is 0.300 e. The fraction of sp³-hybridized carbons (Fsp3) is 0.300. The average molecular weight is 510 g/mol. The number of carbonyl (C=O) groups excluding carboxylic acids is 3. The third-order valence-electron chi connectivity index (χ3n) is 6.97. The number of hydrogen-bond donors (Lipinski definition) is 1. The predicted molar refractivity (Wildman–Crippen MR) is 147 cm³/mol. The summed E-state index contributed by atoms with van der Waals surface area (Å²) in [7, 11) is 0. The summed E-state index contributed by atoms with van der Waals surface area (Å²) in [4.78, 5) is 46.0. The number of azide groups is 1.